The van der Waals surface area contributed by atoms with Gasteiger partial charge in [0.25, 0.3) is 0 Å². The molecule has 52 heavy (non-hydrogen) atoms. The Morgan fingerprint density at radius 3 is 1.75 bits per heavy atom. The van der Waals surface area contributed by atoms with Crippen molar-refractivity contribution in [2.75, 3.05) is 40.9 Å². The topological polar surface area (TPSA) is 105 Å². The second-order valence-corrected chi connectivity index (χ2v) is 16.4. The number of amides is 1. The molecule has 9 heteroatoms. The van der Waals surface area contributed by atoms with Crippen molar-refractivity contribution in [3.05, 3.63) is 60.8 Å². The average Bonchev–Trinajstić information content (AvgIpc) is 3.09. The lowest BCUT2D eigenvalue weighted by Crippen LogP contribution is -2.45. The van der Waals surface area contributed by atoms with Gasteiger partial charge in [-0.2, -0.15) is 0 Å². The molecule has 0 saturated carbocycles. The molecule has 0 rings (SSSR count). The van der Waals surface area contributed by atoms with Crippen LogP contribution >= 0.6 is 7.82 Å². The molecule has 3 atom stereocenters. The van der Waals surface area contributed by atoms with E-state index in [0.717, 1.165) is 57.8 Å². The van der Waals surface area contributed by atoms with Gasteiger partial charge in [-0.3, -0.25) is 13.8 Å². The third-order valence-corrected chi connectivity index (χ3v) is 9.78. The van der Waals surface area contributed by atoms with Gasteiger partial charge in [0, 0.05) is 6.42 Å². The van der Waals surface area contributed by atoms with Gasteiger partial charge in [-0.05, 0) is 64.7 Å². The van der Waals surface area contributed by atoms with Crippen LogP contribution in [0, 0.1) is 0 Å². The highest BCUT2D eigenvalue weighted by atomic mass is 31.2. The molecule has 0 aromatic heterocycles. The Labute approximate surface area is 320 Å². The Hall–Kier alpha value is -1.80. The molecule has 0 radical (unpaired) electrons. The number of phosphoric ester groups is 1. The van der Waals surface area contributed by atoms with E-state index in [9.17, 15) is 19.4 Å². The molecule has 0 aliphatic rings. The van der Waals surface area contributed by atoms with Crippen LogP contribution in [0.2, 0.25) is 0 Å². The average molecular weight is 752 g/mol. The van der Waals surface area contributed by atoms with Gasteiger partial charge in [0.15, 0.2) is 0 Å². The zero-order chi connectivity index (χ0) is 38.6. The SMILES string of the molecule is C/C=C/CC/C=C/CC/C=C/C(O)C(COP(=O)(O)OCC[N+](C)(C)C)NC(=O)CCCCCCCCCCCCCCCC/C=C\C/C=C\CC. The van der Waals surface area contributed by atoms with Crippen molar-refractivity contribution >= 4 is 13.7 Å². The van der Waals surface area contributed by atoms with E-state index < -0.39 is 20.0 Å². The first-order valence-electron chi connectivity index (χ1n) is 20.6. The van der Waals surface area contributed by atoms with Crippen molar-refractivity contribution in [1.82, 2.24) is 5.32 Å². The Kier molecular flexibility index (Phi) is 33.7. The number of nitrogens with one attached hydrogen (secondary N) is 1. The molecule has 0 fully saturated rings. The number of carbonyl (C=O) groups excluding carboxylic acids is 1. The number of rotatable bonds is 36. The van der Waals surface area contributed by atoms with Gasteiger partial charge in [0.05, 0.1) is 39.9 Å². The van der Waals surface area contributed by atoms with E-state index in [1.165, 1.54) is 77.0 Å². The normalized spacial score (nSPS) is 15.1. The molecule has 3 N–H and O–H groups in total. The number of carbonyl (C=O) groups is 1. The lowest BCUT2D eigenvalue weighted by molar-refractivity contribution is -0.870. The summed E-state index contributed by atoms with van der Waals surface area (Å²) in [6, 6.07) is -0.868. The first kappa shape index (κ1) is 50.2. The molecule has 302 valence electrons. The molecule has 0 aliphatic carbocycles. The molecule has 1 amide bonds. The number of quaternary nitrogens is 1. The van der Waals surface area contributed by atoms with Gasteiger partial charge in [-0.15, -0.1) is 0 Å². The predicted molar refractivity (Wildman–Crippen MR) is 221 cm³/mol. The molecule has 0 heterocycles. The lowest BCUT2D eigenvalue weighted by Gasteiger charge is -2.25. The van der Waals surface area contributed by atoms with E-state index in [0.29, 0.717) is 17.4 Å². The van der Waals surface area contributed by atoms with Crippen LogP contribution in [-0.2, 0) is 18.4 Å². The minimum atomic E-state index is -4.34. The zero-order valence-electron chi connectivity index (χ0n) is 34.0. The van der Waals surface area contributed by atoms with Crippen molar-refractivity contribution in [2.24, 2.45) is 0 Å². The minimum absolute atomic E-state index is 0.0513. The summed E-state index contributed by atoms with van der Waals surface area (Å²) in [6.45, 7) is 4.43. The Bertz CT molecular complexity index is 1030. The summed E-state index contributed by atoms with van der Waals surface area (Å²) in [6.07, 6.45) is 44.6. The highest BCUT2D eigenvalue weighted by Gasteiger charge is 2.27. The molecule has 8 nitrogen and oxygen atoms in total. The van der Waals surface area contributed by atoms with Gasteiger partial charge in [0.1, 0.15) is 13.2 Å². The van der Waals surface area contributed by atoms with Crippen LogP contribution in [0.15, 0.2) is 60.8 Å². The number of nitrogens with zero attached hydrogens (tertiary/aromatic N) is 1. The molecular formula is C43H80N2O6P+. The molecule has 0 saturated heterocycles. The molecule has 3 unspecified atom stereocenters. The second-order valence-electron chi connectivity index (χ2n) is 15.0. The van der Waals surface area contributed by atoms with Crippen LogP contribution in [0.1, 0.15) is 155 Å². The molecule has 0 aliphatic heterocycles. The van der Waals surface area contributed by atoms with Crippen LogP contribution in [-0.4, -0.2) is 73.4 Å². The first-order valence-corrected chi connectivity index (χ1v) is 22.1. The summed E-state index contributed by atoms with van der Waals surface area (Å²) in [4.78, 5) is 23.0. The van der Waals surface area contributed by atoms with E-state index in [1.807, 2.05) is 40.2 Å². The summed E-state index contributed by atoms with van der Waals surface area (Å²) >= 11 is 0. The fourth-order valence-corrected chi connectivity index (χ4v) is 6.26. The predicted octanol–water partition coefficient (Wildman–Crippen LogP) is 11.1. The van der Waals surface area contributed by atoms with Crippen molar-refractivity contribution < 1.29 is 32.9 Å². The largest absolute Gasteiger partial charge is 0.472 e. The van der Waals surface area contributed by atoms with Crippen LogP contribution in [0.4, 0.5) is 0 Å². The number of aliphatic hydroxyl groups excluding tert-OH is 1. The number of hydrogen-bond acceptors (Lipinski definition) is 5. The molecular weight excluding hydrogens is 671 g/mol. The quantitative estimate of drug-likeness (QED) is 0.0255. The zero-order valence-corrected chi connectivity index (χ0v) is 34.9. The van der Waals surface area contributed by atoms with Gasteiger partial charge < -0.3 is 19.8 Å². The summed E-state index contributed by atoms with van der Waals surface area (Å²) in [5.74, 6) is -0.198. The molecule has 0 spiro atoms. The summed E-state index contributed by atoms with van der Waals surface area (Å²) in [5, 5.41) is 13.7. The maximum absolute atomic E-state index is 12.8. The Morgan fingerprint density at radius 2 is 1.19 bits per heavy atom. The number of aliphatic hydroxyl groups is 1. The van der Waals surface area contributed by atoms with Gasteiger partial charge in [-0.25, -0.2) is 4.57 Å². The van der Waals surface area contributed by atoms with E-state index in [2.05, 4.69) is 54.8 Å². The van der Waals surface area contributed by atoms with Crippen LogP contribution in [0.25, 0.3) is 0 Å². The van der Waals surface area contributed by atoms with Crippen molar-refractivity contribution in [1.29, 1.82) is 0 Å². The third kappa shape index (κ3) is 36.6. The third-order valence-electron chi connectivity index (χ3n) is 8.79. The van der Waals surface area contributed by atoms with Crippen LogP contribution in [0.5, 0.6) is 0 Å². The second kappa shape index (κ2) is 34.9. The van der Waals surface area contributed by atoms with Crippen molar-refractivity contribution in [3.63, 3.8) is 0 Å². The highest BCUT2D eigenvalue weighted by Crippen LogP contribution is 2.43. The van der Waals surface area contributed by atoms with Gasteiger partial charge >= 0.3 is 7.82 Å². The van der Waals surface area contributed by atoms with Crippen molar-refractivity contribution in [2.45, 2.75) is 167 Å². The van der Waals surface area contributed by atoms with Crippen molar-refractivity contribution in [3.8, 4) is 0 Å². The lowest BCUT2D eigenvalue weighted by atomic mass is 10.0. The summed E-state index contributed by atoms with van der Waals surface area (Å²) < 4.78 is 23.4. The van der Waals surface area contributed by atoms with E-state index in [1.54, 1.807) is 6.08 Å². The number of allylic oxidation sites excluding steroid dienone is 9. The minimum Gasteiger partial charge on any atom is -0.387 e. The van der Waals surface area contributed by atoms with Crippen LogP contribution in [0.3, 0.4) is 0 Å². The Balaban J connectivity index is 4.30. The van der Waals surface area contributed by atoms with Crippen LogP contribution < -0.4 is 5.32 Å². The number of likely N-dealkylation sites (N-methyl/N-ethyl adjacent to an activating group) is 1. The fourth-order valence-electron chi connectivity index (χ4n) is 5.53. The number of unbranched alkanes of at least 4 members (excludes halogenated alkanes) is 16. The monoisotopic (exact) mass is 752 g/mol. The highest BCUT2D eigenvalue weighted by molar-refractivity contribution is 7.47. The van der Waals surface area contributed by atoms with Gasteiger partial charge in [0.2, 0.25) is 5.91 Å². The van der Waals surface area contributed by atoms with E-state index in [4.69, 9.17) is 9.05 Å². The summed E-state index contributed by atoms with van der Waals surface area (Å²) in [7, 11) is 1.53. The molecule has 0 aromatic carbocycles. The number of hydrogen-bond donors (Lipinski definition) is 3. The van der Waals surface area contributed by atoms with E-state index >= 15 is 0 Å². The fraction of sp³-hybridized carbons (Fsp3) is 0.744. The van der Waals surface area contributed by atoms with Gasteiger partial charge in [-0.1, -0.05) is 145 Å². The standard InChI is InChI=1S/C43H79N2O6P/c1-6-8-10-12-14-16-17-18-19-20-21-22-23-24-25-26-27-29-31-33-35-37-43(47)44-41(40-51-52(48,49)50-39-38-45(3,4)5)42(46)36-34-32-30-28-15-13-11-9-7-2/h7-10,14-16,28,34,36,41-42,46H,6,11-13,17-27,29-33,35,37-40H2,1-5H3,(H-,44,47,48,49)/p+1/b9-7+,10-8-,16-14-,28-15+,36-34+. The molecule has 0 bridgehead atoms. The number of phosphoric acid groups is 1. The maximum Gasteiger partial charge on any atom is 0.472 e. The Morgan fingerprint density at radius 1 is 0.692 bits per heavy atom. The smallest absolute Gasteiger partial charge is 0.387 e. The maximum atomic E-state index is 12.8. The first-order chi connectivity index (χ1) is 25.0. The van der Waals surface area contributed by atoms with E-state index in [-0.39, 0.29) is 19.1 Å². The molecule has 0 aromatic rings. The summed E-state index contributed by atoms with van der Waals surface area (Å²) in [5.41, 5.74) is 0.